The van der Waals surface area contributed by atoms with Gasteiger partial charge in [-0.25, -0.2) is 0 Å². The topological polar surface area (TPSA) is 46.2 Å². The predicted octanol–water partition coefficient (Wildman–Crippen LogP) is 3.18. The van der Waals surface area contributed by atoms with Crippen LogP contribution in [0, 0.1) is 0 Å². The molecular formula is C14H24ClNO. The number of halogens is 1. The summed E-state index contributed by atoms with van der Waals surface area (Å²) in [5.74, 6) is 0. The molecule has 0 saturated carbocycles. The maximum absolute atomic E-state index is 9.68. The van der Waals surface area contributed by atoms with Crippen LogP contribution in [0.25, 0.3) is 0 Å². The minimum Gasteiger partial charge on any atom is -0.391 e. The molecule has 3 heteroatoms. The van der Waals surface area contributed by atoms with Crippen LogP contribution in [-0.4, -0.2) is 11.2 Å². The van der Waals surface area contributed by atoms with E-state index in [-0.39, 0.29) is 23.9 Å². The highest BCUT2D eigenvalue weighted by atomic mass is 35.5. The largest absolute Gasteiger partial charge is 0.391 e. The lowest BCUT2D eigenvalue weighted by molar-refractivity contribution is 0.140. The van der Waals surface area contributed by atoms with E-state index in [4.69, 9.17) is 5.73 Å². The van der Waals surface area contributed by atoms with Crippen molar-refractivity contribution >= 4 is 12.4 Å². The van der Waals surface area contributed by atoms with Gasteiger partial charge in [0.1, 0.15) is 0 Å². The second-order valence-electron chi connectivity index (χ2n) is 5.37. The Morgan fingerprint density at radius 2 is 1.65 bits per heavy atom. The van der Waals surface area contributed by atoms with Gasteiger partial charge in [-0.3, -0.25) is 0 Å². The Balaban J connectivity index is 0.00000256. The van der Waals surface area contributed by atoms with E-state index in [0.717, 1.165) is 5.56 Å². The number of aliphatic hydroxyl groups is 1. The molecule has 0 bridgehead atoms. The van der Waals surface area contributed by atoms with Crippen LogP contribution in [0.2, 0.25) is 0 Å². The van der Waals surface area contributed by atoms with Crippen LogP contribution in [0.3, 0.4) is 0 Å². The van der Waals surface area contributed by atoms with Gasteiger partial charge >= 0.3 is 0 Å². The Morgan fingerprint density at radius 3 is 2.00 bits per heavy atom. The highest BCUT2D eigenvalue weighted by molar-refractivity contribution is 5.85. The first kappa shape index (κ1) is 16.4. The third kappa shape index (κ3) is 4.30. The predicted molar refractivity (Wildman–Crippen MR) is 75.6 cm³/mol. The molecule has 0 aliphatic heterocycles. The smallest absolute Gasteiger partial charge is 0.0730 e. The molecule has 0 heterocycles. The average Bonchev–Trinajstić information content (AvgIpc) is 2.26. The highest BCUT2D eigenvalue weighted by Crippen LogP contribution is 2.24. The van der Waals surface area contributed by atoms with Crippen molar-refractivity contribution in [2.24, 2.45) is 5.73 Å². The minimum absolute atomic E-state index is 0. The van der Waals surface area contributed by atoms with Gasteiger partial charge in [0, 0.05) is 0 Å². The second kappa shape index (κ2) is 6.39. The van der Waals surface area contributed by atoms with Gasteiger partial charge in [-0.15, -0.1) is 12.4 Å². The molecule has 0 amide bonds. The molecule has 0 saturated heterocycles. The van der Waals surface area contributed by atoms with Crippen LogP contribution in [0.4, 0.5) is 0 Å². The summed E-state index contributed by atoms with van der Waals surface area (Å²) in [5.41, 5.74) is 8.41. The number of nitrogens with two attached hydrogens (primary N) is 1. The SMILES string of the molecule is CC[C@H](O)[C@H](N)c1ccc(C(C)(C)C)cc1.Cl. The first-order valence-electron chi connectivity index (χ1n) is 5.90. The minimum atomic E-state index is -0.458. The van der Waals surface area contributed by atoms with Crippen molar-refractivity contribution in [3.63, 3.8) is 0 Å². The third-order valence-electron chi connectivity index (χ3n) is 2.99. The molecule has 17 heavy (non-hydrogen) atoms. The Hall–Kier alpha value is -0.570. The Bertz CT molecular complexity index is 329. The van der Waals surface area contributed by atoms with E-state index in [9.17, 15) is 5.11 Å². The zero-order valence-electron chi connectivity index (χ0n) is 11.1. The number of rotatable bonds is 3. The Morgan fingerprint density at radius 1 is 1.18 bits per heavy atom. The van der Waals surface area contributed by atoms with Crippen LogP contribution in [0.5, 0.6) is 0 Å². The molecule has 3 N–H and O–H groups in total. The van der Waals surface area contributed by atoms with Gasteiger partial charge in [0.15, 0.2) is 0 Å². The van der Waals surface area contributed by atoms with Crippen molar-refractivity contribution in [2.45, 2.75) is 51.7 Å². The van der Waals surface area contributed by atoms with Crippen molar-refractivity contribution in [2.75, 3.05) is 0 Å². The molecule has 0 spiro atoms. The summed E-state index contributed by atoms with van der Waals surface area (Å²) >= 11 is 0. The van der Waals surface area contributed by atoms with Crippen molar-refractivity contribution in [1.82, 2.24) is 0 Å². The summed E-state index contributed by atoms with van der Waals surface area (Å²) in [6.45, 7) is 8.49. The second-order valence-corrected chi connectivity index (χ2v) is 5.37. The molecule has 0 aliphatic carbocycles. The molecule has 0 radical (unpaired) electrons. The number of aliphatic hydroxyl groups excluding tert-OH is 1. The van der Waals surface area contributed by atoms with Crippen LogP contribution in [-0.2, 0) is 5.41 Å². The lowest BCUT2D eigenvalue weighted by Gasteiger charge is -2.21. The van der Waals surface area contributed by atoms with Gasteiger partial charge in [-0.05, 0) is 23.0 Å². The number of hydrogen-bond donors (Lipinski definition) is 2. The molecule has 1 aromatic rings. The van der Waals surface area contributed by atoms with Gasteiger partial charge in [0.2, 0.25) is 0 Å². The molecule has 98 valence electrons. The van der Waals surface area contributed by atoms with Crippen LogP contribution in [0.1, 0.15) is 51.3 Å². The summed E-state index contributed by atoms with van der Waals surface area (Å²) in [6, 6.07) is 7.95. The number of benzene rings is 1. The van der Waals surface area contributed by atoms with E-state index in [1.165, 1.54) is 5.56 Å². The van der Waals surface area contributed by atoms with Gasteiger partial charge in [-0.1, -0.05) is 52.0 Å². The molecule has 2 nitrogen and oxygen atoms in total. The summed E-state index contributed by atoms with van der Waals surface area (Å²) in [4.78, 5) is 0. The van der Waals surface area contributed by atoms with Gasteiger partial charge < -0.3 is 10.8 Å². The molecule has 1 rings (SSSR count). The maximum Gasteiger partial charge on any atom is 0.0730 e. The normalized spacial score (nSPS) is 14.9. The van der Waals surface area contributed by atoms with Gasteiger partial charge in [0.25, 0.3) is 0 Å². The summed E-state index contributed by atoms with van der Waals surface area (Å²) in [7, 11) is 0. The first-order chi connectivity index (χ1) is 7.36. The molecule has 0 aliphatic rings. The zero-order valence-corrected chi connectivity index (χ0v) is 11.9. The molecule has 2 atom stereocenters. The Labute approximate surface area is 111 Å². The lowest BCUT2D eigenvalue weighted by atomic mass is 9.86. The molecular weight excluding hydrogens is 234 g/mol. The van der Waals surface area contributed by atoms with Crippen molar-refractivity contribution in [3.05, 3.63) is 35.4 Å². The van der Waals surface area contributed by atoms with Gasteiger partial charge in [-0.2, -0.15) is 0 Å². The van der Waals surface area contributed by atoms with E-state index in [1.807, 2.05) is 19.1 Å². The van der Waals surface area contributed by atoms with E-state index < -0.39 is 6.10 Å². The maximum atomic E-state index is 9.68. The van der Waals surface area contributed by atoms with E-state index in [2.05, 4.69) is 32.9 Å². The third-order valence-corrected chi connectivity index (χ3v) is 2.99. The van der Waals surface area contributed by atoms with Crippen molar-refractivity contribution < 1.29 is 5.11 Å². The van der Waals surface area contributed by atoms with Crippen LogP contribution in [0.15, 0.2) is 24.3 Å². The van der Waals surface area contributed by atoms with Crippen molar-refractivity contribution in [1.29, 1.82) is 0 Å². The molecule has 0 aromatic heterocycles. The quantitative estimate of drug-likeness (QED) is 0.874. The Kier molecular flexibility index (Phi) is 6.17. The van der Waals surface area contributed by atoms with Crippen LogP contribution >= 0.6 is 12.4 Å². The zero-order chi connectivity index (χ0) is 12.3. The fourth-order valence-corrected chi connectivity index (χ4v) is 1.68. The summed E-state index contributed by atoms with van der Waals surface area (Å²) < 4.78 is 0. The van der Waals surface area contributed by atoms with Crippen LogP contribution < -0.4 is 5.73 Å². The first-order valence-corrected chi connectivity index (χ1v) is 5.90. The molecule has 1 aromatic carbocycles. The molecule has 0 fully saturated rings. The van der Waals surface area contributed by atoms with E-state index >= 15 is 0 Å². The monoisotopic (exact) mass is 257 g/mol. The number of hydrogen-bond acceptors (Lipinski definition) is 2. The fourth-order valence-electron chi connectivity index (χ4n) is 1.68. The lowest BCUT2D eigenvalue weighted by Crippen LogP contribution is -2.25. The average molecular weight is 258 g/mol. The van der Waals surface area contributed by atoms with E-state index in [0.29, 0.717) is 6.42 Å². The summed E-state index contributed by atoms with van der Waals surface area (Å²) in [5, 5.41) is 9.68. The highest BCUT2D eigenvalue weighted by Gasteiger charge is 2.17. The van der Waals surface area contributed by atoms with Gasteiger partial charge in [0.05, 0.1) is 12.1 Å². The van der Waals surface area contributed by atoms with Crippen molar-refractivity contribution in [3.8, 4) is 0 Å². The molecule has 0 unspecified atom stereocenters. The fraction of sp³-hybridized carbons (Fsp3) is 0.571. The standard InChI is InChI=1S/C14H23NO.ClH/c1-5-12(16)13(15)10-6-8-11(9-7-10)14(2,3)4;/h6-9,12-13,16H,5,15H2,1-4H3;1H/t12-,13+;/m0./s1. The van der Waals surface area contributed by atoms with E-state index in [1.54, 1.807) is 0 Å². The summed E-state index contributed by atoms with van der Waals surface area (Å²) in [6.07, 6.45) is 0.225.